The molecule has 1 heterocycles. The number of benzene rings is 1. The van der Waals surface area contributed by atoms with Crippen LogP contribution in [0.1, 0.15) is 61.0 Å². The van der Waals surface area contributed by atoms with Gasteiger partial charge in [0.1, 0.15) is 22.7 Å². The number of ether oxygens (including phenoxy) is 1. The number of rotatable bonds is 1. The summed E-state index contributed by atoms with van der Waals surface area (Å²) < 4.78 is 6.28. The van der Waals surface area contributed by atoms with E-state index < -0.39 is 5.97 Å². The average Bonchev–Trinajstić information content (AvgIpc) is 2.71. The first kappa shape index (κ1) is 13.9. The molecule has 0 radical (unpaired) electrons. The molecule has 0 aromatic heterocycles. The number of aromatic carboxylic acids is 1. The van der Waals surface area contributed by atoms with Crippen LogP contribution < -0.4 is 4.74 Å². The topological polar surface area (TPSA) is 66.8 Å². The molecule has 1 aromatic carbocycles. The molecule has 22 heavy (non-hydrogen) atoms. The van der Waals surface area contributed by atoms with Gasteiger partial charge in [-0.2, -0.15) is 0 Å². The van der Waals surface area contributed by atoms with Crippen LogP contribution in [0.3, 0.4) is 0 Å². The lowest BCUT2D eigenvalue weighted by Gasteiger charge is -2.62. The summed E-state index contributed by atoms with van der Waals surface area (Å²) in [6.45, 7) is 8.53. The molecule has 1 aliphatic heterocycles. The maximum Gasteiger partial charge on any atom is 0.339 e. The summed E-state index contributed by atoms with van der Waals surface area (Å²) in [7, 11) is 0. The van der Waals surface area contributed by atoms with Crippen LogP contribution in [0.4, 0.5) is 0 Å². The molecule has 2 fully saturated rings. The molecular weight excluding hydrogens is 280 g/mol. The van der Waals surface area contributed by atoms with Crippen LogP contribution in [0, 0.1) is 24.2 Å². The van der Waals surface area contributed by atoms with Crippen molar-refractivity contribution in [1.29, 1.82) is 0 Å². The SMILES string of the molecule is Cc1c(C(=O)O)c(O)cc2c1[C@H]1[C@@H]3[C@@H](CC[C@]3(C)O2)C1(C)C. The molecule has 4 heteroatoms. The highest BCUT2D eigenvalue weighted by Crippen LogP contribution is 2.73. The van der Waals surface area contributed by atoms with Crippen molar-refractivity contribution in [3.05, 3.63) is 22.8 Å². The zero-order chi connectivity index (χ0) is 16.0. The smallest absolute Gasteiger partial charge is 0.339 e. The molecule has 1 aromatic rings. The number of carbonyl (C=O) groups is 1. The fourth-order valence-corrected chi connectivity index (χ4v) is 5.66. The highest BCUT2D eigenvalue weighted by molar-refractivity contribution is 5.93. The minimum atomic E-state index is -1.08. The van der Waals surface area contributed by atoms with E-state index in [0.717, 1.165) is 18.4 Å². The van der Waals surface area contributed by atoms with Gasteiger partial charge in [-0.15, -0.1) is 0 Å². The number of aromatic hydroxyl groups is 1. The first-order chi connectivity index (χ1) is 10.2. The number of hydrogen-bond donors (Lipinski definition) is 2. The third-order valence-corrected chi connectivity index (χ3v) is 6.64. The van der Waals surface area contributed by atoms with Gasteiger partial charge in [0.05, 0.1) is 0 Å². The molecule has 2 N–H and O–H groups in total. The molecule has 4 nitrogen and oxygen atoms in total. The van der Waals surface area contributed by atoms with Gasteiger partial charge < -0.3 is 14.9 Å². The second-order valence-corrected chi connectivity index (χ2v) is 8.00. The van der Waals surface area contributed by atoms with Crippen molar-refractivity contribution >= 4 is 5.97 Å². The summed E-state index contributed by atoms with van der Waals surface area (Å²) in [6.07, 6.45) is 2.19. The zero-order valence-corrected chi connectivity index (χ0v) is 13.4. The lowest BCUT2D eigenvalue weighted by molar-refractivity contribution is -0.120. The van der Waals surface area contributed by atoms with E-state index in [1.54, 1.807) is 6.92 Å². The third kappa shape index (κ3) is 1.37. The molecule has 0 bridgehead atoms. The van der Waals surface area contributed by atoms with Gasteiger partial charge in [0.15, 0.2) is 0 Å². The van der Waals surface area contributed by atoms with E-state index in [4.69, 9.17) is 4.74 Å². The summed E-state index contributed by atoms with van der Waals surface area (Å²) >= 11 is 0. The van der Waals surface area contributed by atoms with Crippen LogP contribution in [-0.4, -0.2) is 21.8 Å². The van der Waals surface area contributed by atoms with Crippen molar-refractivity contribution in [3.63, 3.8) is 0 Å². The van der Waals surface area contributed by atoms with Crippen molar-refractivity contribution in [3.8, 4) is 11.5 Å². The maximum atomic E-state index is 11.5. The first-order valence-electron chi connectivity index (χ1n) is 7.97. The van der Waals surface area contributed by atoms with E-state index in [0.29, 0.717) is 29.1 Å². The summed E-state index contributed by atoms with van der Waals surface area (Å²) in [4.78, 5) is 11.5. The number of carboxylic acid groups (broad SMARTS) is 1. The summed E-state index contributed by atoms with van der Waals surface area (Å²) in [5, 5.41) is 19.5. The first-order valence-corrected chi connectivity index (χ1v) is 7.97. The van der Waals surface area contributed by atoms with E-state index in [9.17, 15) is 15.0 Å². The maximum absolute atomic E-state index is 11.5. The van der Waals surface area contributed by atoms with Crippen molar-refractivity contribution in [1.82, 2.24) is 0 Å². The quantitative estimate of drug-likeness (QED) is 0.830. The number of hydrogen-bond acceptors (Lipinski definition) is 3. The van der Waals surface area contributed by atoms with Gasteiger partial charge in [-0.1, -0.05) is 13.8 Å². The van der Waals surface area contributed by atoms with Crippen molar-refractivity contribution < 1.29 is 19.7 Å². The van der Waals surface area contributed by atoms with Crippen LogP contribution >= 0.6 is 0 Å². The van der Waals surface area contributed by atoms with Crippen LogP contribution in [0.15, 0.2) is 6.07 Å². The normalized spacial score (nSPS) is 36.8. The van der Waals surface area contributed by atoms with Crippen LogP contribution in [0.25, 0.3) is 0 Å². The standard InChI is InChI=1S/C18H22O4/c1-8-12(16(20)21)10(19)7-11-13(8)15-14-9(17(15,2)3)5-6-18(14,4)22-11/h7,9,14-15,19H,5-6H2,1-4H3,(H,20,21)/t9-,14+,15+,18+/m1/s1. The van der Waals surface area contributed by atoms with Crippen LogP contribution in [0.5, 0.6) is 11.5 Å². The number of phenols is 1. The van der Waals surface area contributed by atoms with Gasteiger partial charge in [-0.05, 0) is 43.6 Å². The Morgan fingerprint density at radius 3 is 2.68 bits per heavy atom. The largest absolute Gasteiger partial charge is 0.507 e. The highest BCUT2D eigenvalue weighted by Gasteiger charge is 2.69. The fourth-order valence-electron chi connectivity index (χ4n) is 5.66. The molecule has 4 rings (SSSR count). The molecule has 0 amide bonds. The van der Waals surface area contributed by atoms with E-state index in [1.165, 1.54) is 6.07 Å². The molecule has 2 aliphatic carbocycles. The minimum Gasteiger partial charge on any atom is -0.507 e. The lowest BCUT2D eigenvalue weighted by Crippen LogP contribution is -2.59. The van der Waals surface area contributed by atoms with Crippen molar-refractivity contribution in [2.24, 2.45) is 17.3 Å². The predicted molar refractivity (Wildman–Crippen MR) is 81.6 cm³/mol. The Hall–Kier alpha value is -1.71. The summed E-state index contributed by atoms with van der Waals surface area (Å²) in [5.74, 6) is 0.811. The molecule has 0 saturated heterocycles. The van der Waals surface area contributed by atoms with E-state index >= 15 is 0 Å². The summed E-state index contributed by atoms with van der Waals surface area (Å²) in [6, 6.07) is 1.51. The van der Waals surface area contributed by atoms with Crippen molar-refractivity contribution in [2.75, 3.05) is 0 Å². The molecule has 3 aliphatic rings. The predicted octanol–water partition coefficient (Wildman–Crippen LogP) is 3.70. The second-order valence-electron chi connectivity index (χ2n) is 8.00. The zero-order valence-electron chi connectivity index (χ0n) is 13.4. The minimum absolute atomic E-state index is 0.0169. The Balaban J connectivity index is 1.98. The van der Waals surface area contributed by atoms with Gasteiger partial charge in [0.25, 0.3) is 0 Å². The van der Waals surface area contributed by atoms with Crippen LogP contribution in [-0.2, 0) is 0 Å². The average molecular weight is 302 g/mol. The van der Waals surface area contributed by atoms with Gasteiger partial charge in [0.2, 0.25) is 0 Å². The van der Waals surface area contributed by atoms with Gasteiger partial charge in [-0.3, -0.25) is 0 Å². The Morgan fingerprint density at radius 2 is 2.05 bits per heavy atom. The molecular formula is C18H22O4. The number of carboxylic acids is 1. The number of fused-ring (bicyclic) bond motifs is 2. The Bertz CT molecular complexity index is 706. The molecule has 0 unspecified atom stereocenters. The van der Waals surface area contributed by atoms with Gasteiger partial charge in [-0.25, -0.2) is 4.79 Å². The Morgan fingerprint density at radius 1 is 1.36 bits per heavy atom. The van der Waals surface area contributed by atoms with Crippen molar-refractivity contribution in [2.45, 2.75) is 52.1 Å². The van der Waals surface area contributed by atoms with Crippen LogP contribution in [0.2, 0.25) is 0 Å². The van der Waals surface area contributed by atoms with Gasteiger partial charge in [0, 0.05) is 23.5 Å². The highest BCUT2D eigenvalue weighted by atomic mass is 16.5. The van der Waals surface area contributed by atoms with E-state index in [1.807, 2.05) is 0 Å². The molecule has 118 valence electrons. The van der Waals surface area contributed by atoms with E-state index in [-0.39, 0.29) is 22.3 Å². The molecule has 0 spiro atoms. The van der Waals surface area contributed by atoms with E-state index in [2.05, 4.69) is 20.8 Å². The molecule has 2 saturated carbocycles. The molecule has 4 atom stereocenters. The Labute approximate surface area is 130 Å². The third-order valence-electron chi connectivity index (χ3n) is 6.64. The fraction of sp³-hybridized carbons (Fsp3) is 0.611. The van der Waals surface area contributed by atoms with Gasteiger partial charge >= 0.3 is 5.97 Å². The lowest BCUT2D eigenvalue weighted by atomic mass is 9.44. The monoisotopic (exact) mass is 302 g/mol. The second kappa shape index (κ2) is 3.79. The Kier molecular flexibility index (Phi) is 2.39. The summed E-state index contributed by atoms with van der Waals surface area (Å²) in [5.41, 5.74) is 1.65.